The third kappa shape index (κ3) is 3.29. The highest BCUT2D eigenvalue weighted by molar-refractivity contribution is 5.97. The van der Waals surface area contributed by atoms with E-state index in [9.17, 15) is 14.7 Å². The normalized spacial score (nSPS) is 23.6. The van der Waals surface area contributed by atoms with E-state index in [0.717, 1.165) is 19.3 Å². The van der Waals surface area contributed by atoms with E-state index in [1.54, 1.807) is 23.2 Å². The topological polar surface area (TPSA) is 82.5 Å². The zero-order valence-corrected chi connectivity index (χ0v) is 14.3. The van der Waals surface area contributed by atoms with Crippen LogP contribution in [-0.4, -0.2) is 46.5 Å². The molecular formula is C18H25N3O3. The fourth-order valence-corrected chi connectivity index (χ4v) is 3.24. The molecule has 1 aromatic rings. The summed E-state index contributed by atoms with van der Waals surface area (Å²) in [6.07, 6.45) is 4.21. The number of nitrogens with one attached hydrogen (secondary N) is 1. The van der Waals surface area contributed by atoms with Gasteiger partial charge in [-0.1, -0.05) is 13.8 Å². The first-order valence-electron chi connectivity index (χ1n) is 8.62. The van der Waals surface area contributed by atoms with Gasteiger partial charge in [-0.05, 0) is 37.3 Å². The van der Waals surface area contributed by atoms with E-state index in [2.05, 4.69) is 24.1 Å². The number of anilines is 1. The summed E-state index contributed by atoms with van der Waals surface area (Å²) in [6, 6.07) is 3.31. The van der Waals surface area contributed by atoms with E-state index in [1.807, 2.05) is 0 Å². The van der Waals surface area contributed by atoms with Crippen molar-refractivity contribution in [2.24, 2.45) is 17.3 Å². The maximum Gasteiger partial charge on any atom is 0.254 e. The molecule has 0 aromatic carbocycles. The van der Waals surface area contributed by atoms with Crippen LogP contribution in [0.15, 0.2) is 18.3 Å². The van der Waals surface area contributed by atoms with Crippen molar-refractivity contribution >= 4 is 17.6 Å². The lowest BCUT2D eigenvalue weighted by Crippen LogP contribution is -2.37. The van der Waals surface area contributed by atoms with Gasteiger partial charge in [-0.25, -0.2) is 4.98 Å². The number of carbonyl (C=O) groups excluding carboxylic acids is 2. The number of likely N-dealkylation sites (tertiary alicyclic amines) is 1. The molecule has 1 unspecified atom stereocenters. The van der Waals surface area contributed by atoms with Gasteiger partial charge >= 0.3 is 0 Å². The zero-order chi connectivity index (χ0) is 17.3. The average molecular weight is 331 g/mol. The molecule has 3 rings (SSSR count). The van der Waals surface area contributed by atoms with Gasteiger partial charge in [0.25, 0.3) is 5.91 Å². The molecule has 0 radical (unpaired) electrons. The van der Waals surface area contributed by atoms with Gasteiger partial charge < -0.3 is 15.3 Å². The molecular weight excluding hydrogens is 306 g/mol. The Labute approximate surface area is 142 Å². The summed E-state index contributed by atoms with van der Waals surface area (Å²) in [5, 5.41) is 12.5. The Morgan fingerprint density at radius 2 is 2.21 bits per heavy atom. The number of aliphatic hydroxyl groups excluding tert-OH is 1. The van der Waals surface area contributed by atoms with Crippen molar-refractivity contribution in [2.45, 2.75) is 33.1 Å². The number of rotatable bonds is 5. The maximum absolute atomic E-state index is 12.8. The molecule has 6 nitrogen and oxygen atoms in total. The van der Waals surface area contributed by atoms with E-state index in [4.69, 9.17) is 0 Å². The fraction of sp³-hybridized carbons (Fsp3) is 0.611. The number of amides is 2. The summed E-state index contributed by atoms with van der Waals surface area (Å²) in [6.45, 7) is 5.47. The Balaban J connectivity index is 1.70. The lowest BCUT2D eigenvalue weighted by atomic mass is 9.77. The Morgan fingerprint density at radius 3 is 2.79 bits per heavy atom. The van der Waals surface area contributed by atoms with Gasteiger partial charge in [-0.15, -0.1) is 0 Å². The van der Waals surface area contributed by atoms with Crippen molar-refractivity contribution in [1.82, 2.24) is 9.88 Å². The highest BCUT2D eigenvalue weighted by Crippen LogP contribution is 2.38. The number of hydrogen-bond donors (Lipinski definition) is 2. The van der Waals surface area contributed by atoms with E-state index in [0.29, 0.717) is 30.4 Å². The lowest BCUT2D eigenvalue weighted by Gasteiger charge is -2.31. The molecule has 0 bridgehead atoms. The lowest BCUT2D eigenvalue weighted by molar-refractivity contribution is -0.117. The predicted octanol–water partition coefficient (Wildman–Crippen LogP) is 1.91. The minimum absolute atomic E-state index is 0.0209. The predicted molar refractivity (Wildman–Crippen MR) is 90.5 cm³/mol. The van der Waals surface area contributed by atoms with Crippen LogP contribution in [0.4, 0.5) is 5.82 Å². The van der Waals surface area contributed by atoms with Crippen LogP contribution in [0, 0.1) is 17.3 Å². The van der Waals surface area contributed by atoms with Crippen LogP contribution in [0.3, 0.4) is 0 Å². The summed E-state index contributed by atoms with van der Waals surface area (Å²) in [7, 11) is 0. The summed E-state index contributed by atoms with van der Waals surface area (Å²) in [5.41, 5.74) is 0.305. The minimum atomic E-state index is -0.217. The van der Waals surface area contributed by atoms with E-state index in [1.165, 1.54) is 0 Å². The van der Waals surface area contributed by atoms with Crippen LogP contribution in [0.1, 0.15) is 43.5 Å². The molecule has 1 saturated carbocycles. The summed E-state index contributed by atoms with van der Waals surface area (Å²) < 4.78 is 0. The molecule has 1 saturated heterocycles. The molecule has 2 aliphatic rings. The molecule has 1 aliphatic heterocycles. The first-order chi connectivity index (χ1) is 11.4. The molecule has 24 heavy (non-hydrogen) atoms. The largest absolute Gasteiger partial charge is 0.396 e. The van der Waals surface area contributed by atoms with Crippen LogP contribution < -0.4 is 5.32 Å². The van der Waals surface area contributed by atoms with Gasteiger partial charge in [0, 0.05) is 36.2 Å². The van der Waals surface area contributed by atoms with Crippen molar-refractivity contribution in [1.29, 1.82) is 0 Å². The highest BCUT2D eigenvalue weighted by atomic mass is 16.3. The standard InChI is InChI=1S/C18H25N3O3/c1-12(2)18(11-22)6-8-21(10-18)17(24)14-5-7-19-15(9-14)20-16(23)13-3-4-13/h5,7,9,12-13,22H,3-4,6,8,10-11H2,1-2H3,(H,19,20,23). The van der Waals surface area contributed by atoms with E-state index >= 15 is 0 Å². The number of hydrogen-bond acceptors (Lipinski definition) is 4. The number of aromatic nitrogens is 1. The van der Waals surface area contributed by atoms with Crippen LogP contribution in [0.25, 0.3) is 0 Å². The smallest absolute Gasteiger partial charge is 0.254 e. The highest BCUT2D eigenvalue weighted by Gasteiger charge is 2.42. The number of pyridine rings is 1. The first kappa shape index (κ1) is 16.9. The summed E-state index contributed by atoms with van der Waals surface area (Å²) in [4.78, 5) is 30.5. The third-order valence-corrected chi connectivity index (χ3v) is 5.42. The summed E-state index contributed by atoms with van der Waals surface area (Å²) >= 11 is 0. The number of aliphatic hydroxyl groups is 1. The monoisotopic (exact) mass is 331 g/mol. The van der Waals surface area contributed by atoms with Crippen molar-refractivity contribution in [3.05, 3.63) is 23.9 Å². The average Bonchev–Trinajstić information content (AvgIpc) is 3.33. The Kier molecular flexibility index (Phi) is 4.58. The molecule has 2 fully saturated rings. The SMILES string of the molecule is CC(C)C1(CO)CCN(C(=O)c2ccnc(NC(=O)C3CC3)c2)C1. The Bertz CT molecular complexity index is 642. The van der Waals surface area contributed by atoms with Crippen molar-refractivity contribution in [3.63, 3.8) is 0 Å². The second-order valence-corrected chi connectivity index (χ2v) is 7.35. The Hall–Kier alpha value is -1.95. The van der Waals surface area contributed by atoms with Crippen molar-refractivity contribution in [2.75, 3.05) is 25.0 Å². The zero-order valence-electron chi connectivity index (χ0n) is 14.3. The molecule has 1 aliphatic carbocycles. The van der Waals surface area contributed by atoms with Crippen LogP contribution in [0.5, 0.6) is 0 Å². The Morgan fingerprint density at radius 1 is 1.46 bits per heavy atom. The van der Waals surface area contributed by atoms with Gasteiger partial charge in [-0.2, -0.15) is 0 Å². The van der Waals surface area contributed by atoms with Crippen LogP contribution >= 0.6 is 0 Å². The van der Waals surface area contributed by atoms with Gasteiger partial charge in [0.1, 0.15) is 5.82 Å². The second-order valence-electron chi connectivity index (χ2n) is 7.35. The van der Waals surface area contributed by atoms with Gasteiger partial charge in [-0.3, -0.25) is 9.59 Å². The van der Waals surface area contributed by atoms with Crippen molar-refractivity contribution < 1.29 is 14.7 Å². The summed E-state index contributed by atoms with van der Waals surface area (Å²) in [5.74, 6) is 0.740. The first-order valence-corrected chi connectivity index (χ1v) is 8.62. The maximum atomic E-state index is 12.8. The molecule has 1 atom stereocenters. The fourth-order valence-electron chi connectivity index (χ4n) is 3.24. The van der Waals surface area contributed by atoms with Crippen LogP contribution in [-0.2, 0) is 4.79 Å². The second kappa shape index (κ2) is 6.51. The van der Waals surface area contributed by atoms with E-state index in [-0.39, 0.29) is 29.8 Å². The molecule has 2 N–H and O–H groups in total. The van der Waals surface area contributed by atoms with Crippen molar-refractivity contribution in [3.8, 4) is 0 Å². The number of nitrogens with zero attached hydrogens (tertiary/aromatic N) is 2. The molecule has 0 spiro atoms. The molecule has 2 heterocycles. The van der Waals surface area contributed by atoms with Gasteiger partial charge in [0.05, 0.1) is 6.61 Å². The molecule has 2 amide bonds. The third-order valence-electron chi connectivity index (χ3n) is 5.42. The molecule has 6 heteroatoms. The van der Waals surface area contributed by atoms with E-state index < -0.39 is 0 Å². The minimum Gasteiger partial charge on any atom is -0.396 e. The van der Waals surface area contributed by atoms with Gasteiger partial charge in [0.2, 0.25) is 5.91 Å². The van der Waals surface area contributed by atoms with Crippen LogP contribution in [0.2, 0.25) is 0 Å². The van der Waals surface area contributed by atoms with Gasteiger partial charge in [0.15, 0.2) is 0 Å². The molecule has 1 aromatic heterocycles. The number of carbonyl (C=O) groups is 2. The molecule has 130 valence electrons. The quantitative estimate of drug-likeness (QED) is 0.863.